The van der Waals surface area contributed by atoms with Gasteiger partial charge in [0.05, 0.1) is 23.3 Å². The Labute approximate surface area is 323 Å². The van der Waals surface area contributed by atoms with Crippen molar-refractivity contribution in [1.29, 1.82) is 0 Å². The van der Waals surface area contributed by atoms with E-state index in [-0.39, 0.29) is 59.8 Å². The van der Waals surface area contributed by atoms with Gasteiger partial charge in [0, 0.05) is 39.0 Å². The summed E-state index contributed by atoms with van der Waals surface area (Å²) in [4.78, 5) is 55.3. The van der Waals surface area contributed by atoms with Gasteiger partial charge in [-0.2, -0.15) is 0 Å². The second-order valence-corrected chi connectivity index (χ2v) is 15.2. The minimum Gasteiger partial charge on any atom is -0.490 e. The van der Waals surface area contributed by atoms with E-state index in [2.05, 4.69) is 48.8 Å². The number of amides is 4. The van der Waals surface area contributed by atoms with Crippen molar-refractivity contribution in [3.05, 3.63) is 84.0 Å². The van der Waals surface area contributed by atoms with E-state index in [1.54, 1.807) is 36.0 Å². The summed E-state index contributed by atoms with van der Waals surface area (Å²) in [6.07, 6.45) is 13.0. The molecule has 4 rings (SSSR count). The lowest BCUT2D eigenvalue weighted by molar-refractivity contribution is -0.128. The zero-order chi connectivity index (χ0) is 39.9. The molecule has 2 aromatic rings. The Bertz CT molecular complexity index is 1490. The Morgan fingerprint density at radius 2 is 0.926 bits per heavy atom. The number of hydrogen-bond acceptors (Lipinski definition) is 6. The number of carbonyl (C=O) groups excluding carboxylic acids is 4. The Kier molecular flexibility index (Phi) is 17.3. The minimum absolute atomic E-state index is 0.00749. The van der Waals surface area contributed by atoms with E-state index in [1.807, 2.05) is 77.9 Å². The molecular weight excluding hydrogens is 681 g/mol. The number of fused-ring (bicyclic) bond motifs is 2. The van der Waals surface area contributed by atoms with Crippen molar-refractivity contribution in [2.45, 2.75) is 130 Å². The summed E-state index contributed by atoms with van der Waals surface area (Å²) < 4.78 is 12.1. The van der Waals surface area contributed by atoms with E-state index in [0.29, 0.717) is 22.6 Å². The lowest BCUT2D eigenvalue weighted by atomic mass is 9.99. The van der Waals surface area contributed by atoms with E-state index in [4.69, 9.17) is 9.47 Å². The predicted octanol–water partition coefficient (Wildman–Crippen LogP) is 7.59. The lowest BCUT2D eigenvalue weighted by Crippen LogP contribution is -2.52. The summed E-state index contributed by atoms with van der Waals surface area (Å²) >= 11 is 0. The fourth-order valence-corrected chi connectivity index (χ4v) is 6.83. The molecule has 6 atom stereocenters. The number of rotatable bonds is 4. The highest BCUT2D eigenvalue weighted by Crippen LogP contribution is 2.26. The van der Waals surface area contributed by atoms with E-state index >= 15 is 0 Å². The van der Waals surface area contributed by atoms with Gasteiger partial charge in [-0.05, 0) is 75.6 Å². The van der Waals surface area contributed by atoms with Gasteiger partial charge in [0.2, 0.25) is 11.8 Å². The van der Waals surface area contributed by atoms with Crippen molar-refractivity contribution in [3.63, 3.8) is 0 Å². The van der Waals surface area contributed by atoms with Crippen LogP contribution in [0.5, 0.6) is 11.5 Å². The van der Waals surface area contributed by atoms with E-state index in [1.165, 1.54) is 0 Å². The molecular formula is C44H64N4O6. The first-order chi connectivity index (χ1) is 25.7. The molecule has 0 unspecified atom stereocenters. The molecule has 4 amide bonds. The molecule has 2 aromatic carbocycles. The number of ether oxygens (including phenoxy) is 2. The van der Waals surface area contributed by atoms with Crippen LogP contribution in [-0.2, 0) is 9.59 Å². The molecule has 54 heavy (non-hydrogen) atoms. The molecule has 296 valence electrons. The first-order valence-corrected chi connectivity index (χ1v) is 19.7. The maximum atomic E-state index is 13.2. The molecule has 0 saturated carbocycles. The summed E-state index contributed by atoms with van der Waals surface area (Å²) in [6, 6.07) is 13.5. The third kappa shape index (κ3) is 12.2. The zero-order valence-corrected chi connectivity index (χ0v) is 34.1. The van der Waals surface area contributed by atoms with Crippen LogP contribution >= 0.6 is 0 Å². The number of nitrogens with one attached hydrogen (secondary N) is 2. The first kappa shape index (κ1) is 43.8. The van der Waals surface area contributed by atoms with Crippen LogP contribution in [0.15, 0.2) is 72.8 Å². The summed E-state index contributed by atoms with van der Waals surface area (Å²) in [5, 5.41) is 6.25. The molecule has 0 saturated heterocycles. The Morgan fingerprint density at radius 1 is 0.593 bits per heavy atom. The molecule has 2 heterocycles. The van der Waals surface area contributed by atoms with Crippen molar-refractivity contribution in [2.24, 2.45) is 11.8 Å². The molecule has 0 spiro atoms. The van der Waals surface area contributed by atoms with Gasteiger partial charge in [-0.25, -0.2) is 0 Å². The molecule has 2 aliphatic heterocycles. The van der Waals surface area contributed by atoms with Crippen molar-refractivity contribution >= 4 is 23.6 Å². The fraction of sp³-hybridized carbons (Fsp3) is 0.545. The number of carbonyl (C=O) groups is 4. The molecule has 2 N–H and O–H groups in total. The number of nitrogens with zero attached hydrogens (tertiary/aromatic N) is 2. The largest absolute Gasteiger partial charge is 0.490 e. The van der Waals surface area contributed by atoms with Gasteiger partial charge in [0.1, 0.15) is 23.6 Å². The first-order valence-electron chi connectivity index (χ1n) is 19.7. The van der Waals surface area contributed by atoms with Crippen LogP contribution in [-0.4, -0.2) is 83.9 Å². The van der Waals surface area contributed by atoms with Crippen LogP contribution in [0.2, 0.25) is 0 Å². The summed E-state index contributed by atoms with van der Waals surface area (Å²) in [6.45, 7) is 16.0. The molecule has 2 aliphatic rings. The van der Waals surface area contributed by atoms with Crippen LogP contribution in [0.4, 0.5) is 0 Å². The normalized spacial score (nSPS) is 26.0. The van der Waals surface area contributed by atoms with E-state index in [9.17, 15) is 19.2 Å². The third-order valence-electron chi connectivity index (χ3n) is 9.96. The van der Waals surface area contributed by atoms with Crippen LogP contribution in [0.3, 0.4) is 0 Å². The SMILES string of the molecule is CC[C@@H]1C/C=C/C[C@@H](C)Oc2ccccc2C(=O)N(C)[C@@H](C(C)C)C(=O)N1.CC[C@@H]1C/C=C\C[C@@H](C)Oc2ccccc2C(=O)N(C)[C@@H](C(C)C)C(=O)N1. The molecule has 0 aromatic heterocycles. The Balaban J connectivity index is 0.000000290. The van der Waals surface area contributed by atoms with E-state index < -0.39 is 12.1 Å². The van der Waals surface area contributed by atoms with Gasteiger partial charge < -0.3 is 29.9 Å². The van der Waals surface area contributed by atoms with Gasteiger partial charge in [-0.3, -0.25) is 19.2 Å². The highest BCUT2D eigenvalue weighted by molar-refractivity contribution is 6.00. The van der Waals surface area contributed by atoms with Gasteiger partial charge in [-0.15, -0.1) is 0 Å². The van der Waals surface area contributed by atoms with Crippen molar-refractivity contribution < 1.29 is 28.7 Å². The number of para-hydroxylation sites is 2. The quantitative estimate of drug-likeness (QED) is 0.312. The van der Waals surface area contributed by atoms with E-state index in [0.717, 1.165) is 38.5 Å². The summed E-state index contributed by atoms with van der Waals surface area (Å²) in [5.41, 5.74) is 0.969. The average molecular weight is 745 g/mol. The second-order valence-electron chi connectivity index (χ2n) is 15.2. The molecule has 0 radical (unpaired) electrons. The molecule has 10 heteroatoms. The second kappa shape index (κ2) is 21.3. The third-order valence-corrected chi connectivity index (χ3v) is 9.96. The molecule has 10 nitrogen and oxygen atoms in total. The van der Waals surface area contributed by atoms with Crippen LogP contribution in [0.25, 0.3) is 0 Å². The van der Waals surface area contributed by atoms with Crippen LogP contribution in [0, 0.1) is 11.8 Å². The monoisotopic (exact) mass is 744 g/mol. The fourth-order valence-electron chi connectivity index (χ4n) is 6.83. The predicted molar refractivity (Wildman–Crippen MR) is 216 cm³/mol. The summed E-state index contributed by atoms with van der Waals surface area (Å²) in [7, 11) is 3.39. The standard InChI is InChI=1S/2C22H32N2O3/c2*1-6-17-12-8-7-11-16(4)27-19-14-10-9-13-18(19)22(26)24(5)20(15(2)3)21(25)23-17/h2*7-10,13-17,20H,6,11-12H2,1-5H3,(H,23,25)/b8-7+;8-7-/t2*16-,17-,20+/m11/s1. The Morgan fingerprint density at radius 3 is 1.26 bits per heavy atom. The topological polar surface area (TPSA) is 117 Å². The molecule has 0 fully saturated rings. The van der Waals surface area contributed by atoms with Crippen molar-refractivity contribution in [1.82, 2.24) is 20.4 Å². The maximum absolute atomic E-state index is 13.2. The highest BCUT2D eigenvalue weighted by atomic mass is 16.5. The van der Waals surface area contributed by atoms with Gasteiger partial charge in [-0.1, -0.05) is 90.1 Å². The van der Waals surface area contributed by atoms with Crippen LogP contribution in [0.1, 0.15) is 115 Å². The van der Waals surface area contributed by atoms with Gasteiger partial charge in [0.15, 0.2) is 0 Å². The smallest absolute Gasteiger partial charge is 0.258 e. The maximum Gasteiger partial charge on any atom is 0.258 e. The average Bonchev–Trinajstić information content (AvgIpc) is 3.13. The number of likely N-dealkylation sites (N-methyl/N-ethyl adjacent to an activating group) is 2. The number of hydrogen-bond donors (Lipinski definition) is 2. The van der Waals surface area contributed by atoms with Gasteiger partial charge in [0.25, 0.3) is 11.8 Å². The van der Waals surface area contributed by atoms with Gasteiger partial charge >= 0.3 is 0 Å². The van der Waals surface area contributed by atoms with Crippen molar-refractivity contribution in [2.75, 3.05) is 14.1 Å². The minimum atomic E-state index is -0.538. The summed E-state index contributed by atoms with van der Waals surface area (Å²) in [5.74, 6) is 0.483. The molecule has 0 aliphatic carbocycles. The number of benzene rings is 2. The lowest BCUT2D eigenvalue weighted by Gasteiger charge is -2.32. The highest BCUT2D eigenvalue weighted by Gasteiger charge is 2.34. The van der Waals surface area contributed by atoms with Crippen molar-refractivity contribution in [3.8, 4) is 11.5 Å². The molecule has 0 bridgehead atoms. The van der Waals surface area contributed by atoms with Crippen LogP contribution < -0.4 is 20.1 Å². The Hall–Kier alpha value is -4.60. The zero-order valence-electron chi connectivity index (χ0n) is 34.1.